The minimum Gasteiger partial charge on any atom is -0.386 e. The van der Waals surface area contributed by atoms with Gasteiger partial charge in [-0.3, -0.25) is 0 Å². The maximum atomic E-state index is 12.0. The van der Waals surface area contributed by atoms with Crippen molar-refractivity contribution < 1.29 is 13.5 Å². The van der Waals surface area contributed by atoms with Crippen LogP contribution in [0, 0.1) is 0 Å². The monoisotopic (exact) mass is 382 g/mol. The van der Waals surface area contributed by atoms with Gasteiger partial charge in [-0.2, -0.15) is 0 Å². The Labute approximate surface area is 140 Å². The molecule has 0 unspecified atom stereocenters. The summed E-state index contributed by atoms with van der Waals surface area (Å²) in [4.78, 5) is 0. The summed E-state index contributed by atoms with van der Waals surface area (Å²) in [6, 6.07) is 17.2. The van der Waals surface area contributed by atoms with E-state index in [-0.39, 0.29) is 6.42 Å². The highest BCUT2D eigenvalue weighted by Crippen LogP contribution is 2.41. The molecule has 1 N–H and O–H groups in total. The Morgan fingerprint density at radius 1 is 1.05 bits per heavy atom. The van der Waals surface area contributed by atoms with Crippen molar-refractivity contribution in [3.05, 3.63) is 60.2 Å². The third-order valence-electron chi connectivity index (χ3n) is 3.84. The van der Waals surface area contributed by atoms with Crippen LogP contribution in [0.2, 0.25) is 0 Å². The zero-order valence-corrected chi connectivity index (χ0v) is 14.9. The van der Waals surface area contributed by atoms with E-state index >= 15 is 0 Å². The fourth-order valence-electron chi connectivity index (χ4n) is 2.40. The van der Waals surface area contributed by atoms with Crippen LogP contribution in [0.3, 0.4) is 0 Å². The van der Waals surface area contributed by atoms with Gasteiger partial charge in [-0.1, -0.05) is 77.5 Å². The molecule has 0 radical (unpaired) electrons. The molecule has 0 fully saturated rings. The van der Waals surface area contributed by atoms with Gasteiger partial charge in [0.2, 0.25) is 0 Å². The van der Waals surface area contributed by atoms with Gasteiger partial charge in [0.05, 0.1) is 0 Å². The number of halogens is 1. The van der Waals surface area contributed by atoms with Gasteiger partial charge in [-0.25, -0.2) is 8.42 Å². The molecule has 0 amide bonds. The largest absolute Gasteiger partial charge is 0.386 e. The van der Waals surface area contributed by atoms with E-state index in [9.17, 15) is 13.5 Å². The summed E-state index contributed by atoms with van der Waals surface area (Å²) in [5, 5.41) is 10.5. The van der Waals surface area contributed by atoms with E-state index in [2.05, 4.69) is 15.9 Å². The summed E-state index contributed by atoms with van der Waals surface area (Å²) < 4.78 is 22.6. The van der Waals surface area contributed by atoms with Gasteiger partial charge in [0, 0.05) is 6.26 Å². The Morgan fingerprint density at radius 2 is 1.55 bits per heavy atom. The zero-order chi connectivity index (χ0) is 16.4. The third kappa shape index (κ3) is 3.26. The van der Waals surface area contributed by atoms with Crippen molar-refractivity contribution in [2.75, 3.05) is 6.26 Å². The van der Waals surface area contributed by atoms with E-state index in [4.69, 9.17) is 0 Å². The Morgan fingerprint density at radius 3 is 2.00 bits per heavy atom. The summed E-state index contributed by atoms with van der Waals surface area (Å²) in [5.74, 6) is 0. The minimum atomic E-state index is -3.46. The molecule has 3 nitrogen and oxygen atoms in total. The molecule has 0 spiro atoms. The van der Waals surface area contributed by atoms with Crippen molar-refractivity contribution in [1.82, 2.24) is 0 Å². The molecule has 2 rings (SSSR count). The van der Waals surface area contributed by atoms with Crippen LogP contribution >= 0.6 is 15.9 Å². The van der Waals surface area contributed by atoms with Crippen LogP contribution in [0.1, 0.15) is 25.0 Å². The van der Waals surface area contributed by atoms with Crippen molar-refractivity contribution in [2.24, 2.45) is 0 Å². The summed E-state index contributed by atoms with van der Waals surface area (Å²) in [6.45, 7) is 1.73. The first kappa shape index (κ1) is 17.2. The highest BCUT2D eigenvalue weighted by Gasteiger charge is 2.44. The van der Waals surface area contributed by atoms with Gasteiger partial charge in [0.25, 0.3) is 0 Å². The van der Waals surface area contributed by atoms with Crippen LogP contribution in [-0.4, -0.2) is 23.4 Å². The molecule has 0 aromatic heterocycles. The second kappa shape index (κ2) is 6.52. The van der Waals surface area contributed by atoms with Crippen LogP contribution in [0.25, 0.3) is 11.1 Å². The number of benzene rings is 2. The molecule has 2 aromatic rings. The van der Waals surface area contributed by atoms with Crippen LogP contribution in [0.5, 0.6) is 0 Å². The average Bonchev–Trinajstić information content (AvgIpc) is 2.53. The quantitative estimate of drug-likeness (QED) is 0.796. The highest BCUT2D eigenvalue weighted by molar-refractivity contribution is 9.11. The lowest BCUT2D eigenvalue weighted by molar-refractivity contribution is 0.160. The molecule has 0 aliphatic carbocycles. The lowest BCUT2D eigenvalue weighted by Gasteiger charge is -2.30. The number of alkyl halides is 1. The summed E-state index contributed by atoms with van der Waals surface area (Å²) in [7, 11) is -3.46. The molecule has 118 valence electrons. The number of aliphatic hydroxyl groups is 1. The molecule has 0 saturated heterocycles. The zero-order valence-electron chi connectivity index (χ0n) is 12.5. The average molecular weight is 383 g/mol. The Kier molecular flexibility index (Phi) is 5.10. The van der Waals surface area contributed by atoms with E-state index in [1.165, 1.54) is 0 Å². The number of aliphatic hydroxyl groups excluding tert-OH is 1. The number of sulfone groups is 1. The van der Waals surface area contributed by atoms with E-state index in [1.54, 1.807) is 19.1 Å². The standard InChI is InChI=1S/C17H19BrO3S/c1-3-17(18,22(2,20)21)16(19)15-11-9-14(10-12-15)13-7-5-4-6-8-13/h4-12,16,19H,3H2,1-2H3/t16-,17-/m0/s1. The first-order valence-corrected chi connectivity index (χ1v) is 9.70. The maximum absolute atomic E-state index is 12.0. The highest BCUT2D eigenvalue weighted by atomic mass is 79.9. The Bertz CT molecular complexity index is 726. The first-order valence-electron chi connectivity index (χ1n) is 7.01. The maximum Gasteiger partial charge on any atom is 0.166 e. The van der Waals surface area contributed by atoms with Gasteiger partial charge in [0.15, 0.2) is 13.5 Å². The van der Waals surface area contributed by atoms with E-state index in [1.807, 2.05) is 42.5 Å². The van der Waals surface area contributed by atoms with Crippen molar-refractivity contribution in [3.8, 4) is 11.1 Å². The van der Waals surface area contributed by atoms with E-state index < -0.39 is 19.6 Å². The molecule has 0 aliphatic heterocycles. The van der Waals surface area contributed by atoms with Crippen LogP contribution in [-0.2, 0) is 9.84 Å². The molecule has 0 aliphatic rings. The predicted octanol–water partition coefficient (Wildman–Crippen LogP) is 3.93. The summed E-state index contributed by atoms with van der Waals surface area (Å²) in [5.41, 5.74) is 2.67. The molecule has 2 aromatic carbocycles. The molecule has 0 bridgehead atoms. The second-order valence-corrected chi connectivity index (χ2v) is 9.52. The smallest absolute Gasteiger partial charge is 0.166 e. The number of hydrogen-bond acceptors (Lipinski definition) is 3. The van der Waals surface area contributed by atoms with E-state index in [0.717, 1.165) is 17.4 Å². The summed E-state index contributed by atoms with van der Waals surface area (Å²) in [6.07, 6.45) is 0.276. The Balaban J connectivity index is 2.35. The molecule has 0 saturated carbocycles. The van der Waals surface area contributed by atoms with Crippen LogP contribution in [0.15, 0.2) is 54.6 Å². The summed E-state index contributed by atoms with van der Waals surface area (Å²) >= 11 is 3.23. The van der Waals surface area contributed by atoms with Gasteiger partial charge in [0.1, 0.15) is 6.10 Å². The first-order chi connectivity index (χ1) is 10.3. The van der Waals surface area contributed by atoms with Crippen LogP contribution in [0.4, 0.5) is 0 Å². The number of rotatable bonds is 5. The molecule has 0 heterocycles. The number of hydrogen-bond donors (Lipinski definition) is 1. The lowest BCUT2D eigenvalue weighted by atomic mass is 10.00. The second-order valence-electron chi connectivity index (χ2n) is 5.30. The molecule has 2 atom stereocenters. The van der Waals surface area contributed by atoms with Gasteiger partial charge in [-0.15, -0.1) is 0 Å². The van der Waals surface area contributed by atoms with Gasteiger partial charge < -0.3 is 5.11 Å². The van der Waals surface area contributed by atoms with Crippen molar-refractivity contribution in [1.29, 1.82) is 0 Å². The molecular weight excluding hydrogens is 364 g/mol. The Hall–Kier alpha value is -1.17. The lowest BCUT2D eigenvalue weighted by Crippen LogP contribution is -2.37. The minimum absolute atomic E-state index is 0.271. The van der Waals surface area contributed by atoms with Crippen molar-refractivity contribution in [2.45, 2.75) is 23.1 Å². The van der Waals surface area contributed by atoms with Crippen LogP contribution < -0.4 is 0 Å². The fraction of sp³-hybridized carbons (Fsp3) is 0.294. The third-order valence-corrected chi connectivity index (χ3v) is 8.34. The van der Waals surface area contributed by atoms with Crippen molar-refractivity contribution >= 4 is 25.8 Å². The van der Waals surface area contributed by atoms with Crippen molar-refractivity contribution in [3.63, 3.8) is 0 Å². The van der Waals surface area contributed by atoms with E-state index in [0.29, 0.717) is 5.56 Å². The molecule has 22 heavy (non-hydrogen) atoms. The molecule has 5 heteroatoms. The predicted molar refractivity (Wildman–Crippen MR) is 93.6 cm³/mol. The SMILES string of the molecule is CC[C@@](Br)([C@@H](O)c1ccc(-c2ccccc2)cc1)S(C)(=O)=O. The molecular formula is C17H19BrO3S. The van der Waals surface area contributed by atoms with Gasteiger partial charge in [-0.05, 0) is 23.1 Å². The topological polar surface area (TPSA) is 54.4 Å². The fourth-order valence-corrected chi connectivity index (χ4v) is 3.73. The van der Waals surface area contributed by atoms with Gasteiger partial charge >= 0.3 is 0 Å². The normalized spacial score (nSPS) is 16.0.